The van der Waals surface area contributed by atoms with Crippen LogP contribution in [-0.2, 0) is 16.1 Å². The average molecular weight is 425 g/mol. The Hall–Kier alpha value is -3.23. The van der Waals surface area contributed by atoms with E-state index in [0.29, 0.717) is 16.8 Å². The fourth-order valence-corrected chi connectivity index (χ4v) is 3.61. The van der Waals surface area contributed by atoms with Gasteiger partial charge in [-0.1, -0.05) is 12.1 Å². The summed E-state index contributed by atoms with van der Waals surface area (Å²) in [6.07, 6.45) is 0.434. The van der Waals surface area contributed by atoms with Crippen molar-refractivity contribution < 1.29 is 19.1 Å². The molecule has 1 aliphatic heterocycles. The number of nitrogens with two attached hydrogens (primary N) is 1. The molecular formula is C23H28N4O4. The molecule has 0 aromatic heterocycles. The zero-order valence-electron chi connectivity index (χ0n) is 17.8. The fraction of sp³-hybridized carbons (Fsp3) is 0.348. The predicted octanol–water partition coefficient (Wildman–Crippen LogP) is 1.76. The minimum Gasteiger partial charge on any atom is -0.373 e. The largest absolute Gasteiger partial charge is 0.373 e. The summed E-state index contributed by atoms with van der Waals surface area (Å²) in [5, 5.41) is 5.23. The molecule has 0 spiro atoms. The molecule has 0 bridgehead atoms. The van der Waals surface area contributed by atoms with Gasteiger partial charge in [0, 0.05) is 36.4 Å². The first kappa shape index (κ1) is 22.5. The number of hydrogen-bond acceptors (Lipinski definition) is 5. The molecule has 0 radical (unpaired) electrons. The van der Waals surface area contributed by atoms with Gasteiger partial charge in [0.15, 0.2) is 0 Å². The van der Waals surface area contributed by atoms with Crippen molar-refractivity contribution in [3.05, 3.63) is 65.2 Å². The van der Waals surface area contributed by atoms with E-state index in [2.05, 4.69) is 29.4 Å². The predicted molar refractivity (Wildman–Crippen MR) is 118 cm³/mol. The number of ether oxygens (including phenoxy) is 1. The topological polar surface area (TPSA) is 114 Å². The maximum atomic E-state index is 12.5. The first-order valence-corrected chi connectivity index (χ1v) is 10.2. The van der Waals surface area contributed by atoms with Gasteiger partial charge in [0.05, 0.1) is 18.8 Å². The number of anilines is 1. The Kier molecular flexibility index (Phi) is 7.38. The third-order valence-corrected chi connectivity index (χ3v) is 4.95. The average Bonchev–Trinajstić information content (AvgIpc) is 2.72. The molecule has 0 aliphatic carbocycles. The first-order chi connectivity index (χ1) is 14.8. The summed E-state index contributed by atoms with van der Waals surface area (Å²) in [5.74, 6) is -1.25. The van der Waals surface area contributed by atoms with Gasteiger partial charge in [-0.15, -0.1) is 0 Å². The lowest BCUT2D eigenvalue weighted by molar-refractivity contribution is -0.117. The Balaban J connectivity index is 1.54. The van der Waals surface area contributed by atoms with E-state index in [0.717, 1.165) is 25.2 Å². The van der Waals surface area contributed by atoms with Gasteiger partial charge in [0.25, 0.3) is 11.8 Å². The van der Waals surface area contributed by atoms with Crippen molar-refractivity contribution in [1.82, 2.24) is 10.2 Å². The summed E-state index contributed by atoms with van der Waals surface area (Å²) in [5.41, 5.74) is 7.64. The molecule has 2 aromatic carbocycles. The number of hydrogen-bond donors (Lipinski definition) is 3. The van der Waals surface area contributed by atoms with Crippen molar-refractivity contribution in [3.8, 4) is 0 Å². The molecule has 2 atom stereocenters. The second-order valence-corrected chi connectivity index (χ2v) is 7.83. The molecule has 3 amide bonds. The zero-order chi connectivity index (χ0) is 22.4. The highest BCUT2D eigenvalue weighted by atomic mass is 16.5. The van der Waals surface area contributed by atoms with E-state index in [-0.39, 0.29) is 24.7 Å². The van der Waals surface area contributed by atoms with Crippen molar-refractivity contribution in [2.45, 2.75) is 32.6 Å². The smallest absolute Gasteiger partial charge is 0.255 e. The summed E-state index contributed by atoms with van der Waals surface area (Å²) in [6, 6.07) is 13.9. The number of morpholine rings is 1. The van der Waals surface area contributed by atoms with Crippen LogP contribution < -0.4 is 16.4 Å². The number of benzene rings is 2. The van der Waals surface area contributed by atoms with Crippen LogP contribution in [0.15, 0.2) is 48.5 Å². The molecule has 31 heavy (non-hydrogen) atoms. The number of carbonyl (C=O) groups excluding carboxylic acids is 3. The molecule has 2 aromatic rings. The highest BCUT2D eigenvalue weighted by Gasteiger charge is 2.22. The van der Waals surface area contributed by atoms with Crippen molar-refractivity contribution >= 4 is 23.4 Å². The molecule has 3 rings (SSSR count). The van der Waals surface area contributed by atoms with Gasteiger partial charge >= 0.3 is 0 Å². The lowest BCUT2D eigenvalue weighted by atomic mass is 10.1. The Morgan fingerprint density at radius 3 is 2.06 bits per heavy atom. The highest BCUT2D eigenvalue weighted by Crippen LogP contribution is 2.16. The maximum absolute atomic E-state index is 12.5. The van der Waals surface area contributed by atoms with Crippen molar-refractivity contribution in [2.75, 3.05) is 25.0 Å². The van der Waals surface area contributed by atoms with Gasteiger partial charge in [-0.2, -0.15) is 0 Å². The molecule has 2 unspecified atom stereocenters. The molecule has 4 N–H and O–H groups in total. The molecule has 1 saturated heterocycles. The van der Waals surface area contributed by atoms with E-state index in [9.17, 15) is 14.4 Å². The van der Waals surface area contributed by atoms with E-state index in [1.54, 1.807) is 24.3 Å². The second kappa shape index (κ2) is 10.2. The van der Waals surface area contributed by atoms with Crippen molar-refractivity contribution in [3.63, 3.8) is 0 Å². The monoisotopic (exact) mass is 424 g/mol. The normalized spacial score (nSPS) is 18.9. The highest BCUT2D eigenvalue weighted by molar-refractivity contribution is 6.04. The van der Waals surface area contributed by atoms with Gasteiger partial charge < -0.3 is 21.1 Å². The van der Waals surface area contributed by atoms with E-state index in [1.807, 2.05) is 24.3 Å². The molecule has 1 aliphatic rings. The summed E-state index contributed by atoms with van der Waals surface area (Å²) in [6.45, 7) is 6.54. The van der Waals surface area contributed by atoms with Crippen LogP contribution in [0.25, 0.3) is 0 Å². The fourth-order valence-electron chi connectivity index (χ4n) is 3.61. The van der Waals surface area contributed by atoms with Crippen molar-refractivity contribution in [2.24, 2.45) is 5.73 Å². The summed E-state index contributed by atoms with van der Waals surface area (Å²) in [4.78, 5) is 37.5. The molecule has 1 fully saturated rings. The first-order valence-electron chi connectivity index (χ1n) is 10.2. The molecule has 164 valence electrons. The number of rotatable bonds is 7. The van der Waals surface area contributed by atoms with Crippen molar-refractivity contribution in [1.29, 1.82) is 0 Å². The number of nitrogens with one attached hydrogen (secondary N) is 2. The third-order valence-electron chi connectivity index (χ3n) is 4.95. The van der Waals surface area contributed by atoms with E-state index >= 15 is 0 Å². The van der Waals surface area contributed by atoms with Crippen LogP contribution >= 0.6 is 0 Å². The lowest BCUT2D eigenvalue weighted by Crippen LogP contribution is -2.44. The third kappa shape index (κ3) is 6.63. The molecule has 0 saturated carbocycles. The van der Waals surface area contributed by atoms with E-state index in [4.69, 9.17) is 10.5 Å². The lowest BCUT2D eigenvalue weighted by Gasteiger charge is -2.35. The Morgan fingerprint density at radius 2 is 1.48 bits per heavy atom. The Morgan fingerprint density at radius 1 is 0.935 bits per heavy atom. The van der Waals surface area contributed by atoms with E-state index < -0.39 is 11.8 Å². The molecule has 8 nitrogen and oxygen atoms in total. The number of nitrogens with zero attached hydrogens (tertiary/aromatic N) is 1. The van der Waals surface area contributed by atoms with Gasteiger partial charge in [0.1, 0.15) is 0 Å². The summed E-state index contributed by atoms with van der Waals surface area (Å²) < 4.78 is 5.77. The summed E-state index contributed by atoms with van der Waals surface area (Å²) >= 11 is 0. The number of carbonyl (C=O) groups is 3. The van der Waals surface area contributed by atoms with Crippen LogP contribution in [0.2, 0.25) is 0 Å². The number of primary amides is 1. The SMILES string of the molecule is CC1CN(Cc2ccc(C(=O)Nc3ccc(C(=O)NCC(N)=O)cc3)cc2)CC(C)O1. The van der Waals surface area contributed by atoms with Crippen LogP contribution in [-0.4, -0.2) is 54.5 Å². The van der Waals surface area contributed by atoms with E-state index in [1.165, 1.54) is 0 Å². The van der Waals surface area contributed by atoms with Gasteiger partial charge in [-0.3, -0.25) is 19.3 Å². The second-order valence-electron chi connectivity index (χ2n) is 7.83. The van der Waals surface area contributed by atoms with Gasteiger partial charge in [-0.05, 0) is 55.8 Å². The molecule has 1 heterocycles. The maximum Gasteiger partial charge on any atom is 0.255 e. The minimum absolute atomic E-state index is 0.217. The molecule has 8 heteroatoms. The van der Waals surface area contributed by atoms with Crippen LogP contribution in [0, 0.1) is 0 Å². The number of amides is 3. The van der Waals surface area contributed by atoms with Gasteiger partial charge in [-0.25, -0.2) is 0 Å². The standard InChI is InChI=1S/C23H28N4O4/c1-15-12-27(13-16(2)31-15)14-17-3-5-19(6-4-17)23(30)26-20-9-7-18(8-10-20)22(29)25-11-21(24)28/h3-10,15-16H,11-14H2,1-2H3,(H2,24,28)(H,25,29)(H,26,30). The van der Waals surface area contributed by atoms with Crippen LogP contribution in [0.1, 0.15) is 40.1 Å². The van der Waals surface area contributed by atoms with Crippen LogP contribution in [0.3, 0.4) is 0 Å². The Bertz CT molecular complexity index is 918. The van der Waals surface area contributed by atoms with Crippen LogP contribution in [0.5, 0.6) is 0 Å². The Labute approximate surface area is 181 Å². The minimum atomic E-state index is -0.614. The summed E-state index contributed by atoms with van der Waals surface area (Å²) in [7, 11) is 0. The van der Waals surface area contributed by atoms with Gasteiger partial charge in [0.2, 0.25) is 5.91 Å². The quantitative estimate of drug-likeness (QED) is 0.627. The van der Waals surface area contributed by atoms with Crippen LogP contribution in [0.4, 0.5) is 5.69 Å². The zero-order valence-corrected chi connectivity index (χ0v) is 17.8. The molecular weight excluding hydrogens is 396 g/mol.